The van der Waals surface area contributed by atoms with Crippen LogP contribution in [0, 0.1) is 0 Å². The molecule has 0 amide bonds. The average Bonchev–Trinajstić information content (AvgIpc) is 2.72. The first kappa shape index (κ1) is 13.7. The Morgan fingerprint density at radius 1 is 1.09 bits per heavy atom. The molecule has 2 bridgehead atoms. The van der Waals surface area contributed by atoms with Crippen molar-refractivity contribution < 1.29 is 38.2 Å². The Labute approximate surface area is 126 Å². The number of hydrogen-bond acceptors (Lipinski definition) is 7. The van der Waals surface area contributed by atoms with Gasteiger partial charge >= 0.3 is 17.9 Å². The molecule has 0 spiro atoms. The van der Waals surface area contributed by atoms with E-state index in [1.54, 1.807) is 0 Å². The van der Waals surface area contributed by atoms with Gasteiger partial charge in [0.15, 0.2) is 5.60 Å². The summed E-state index contributed by atoms with van der Waals surface area (Å²) in [7, 11) is 0. The minimum Gasteiger partial charge on any atom is -0.426 e. The van der Waals surface area contributed by atoms with Gasteiger partial charge in [-0.1, -0.05) is 10.5 Å². The Balaban J connectivity index is 2.12. The second-order valence-electron chi connectivity index (χ2n) is 5.29. The Bertz CT molecular complexity index is 902. The number of nitrogens with zero attached hydrogens (tertiary/aromatic N) is 1. The van der Waals surface area contributed by atoms with Crippen LogP contribution in [0.15, 0.2) is 18.2 Å². The molecule has 0 saturated carbocycles. The number of benzene rings is 1. The summed E-state index contributed by atoms with van der Waals surface area (Å²) >= 11 is 0. The highest BCUT2D eigenvalue weighted by atomic mass is 19.2. The first-order valence-electron chi connectivity index (χ1n) is 6.59. The molecule has 1 aromatic carbocycles. The van der Waals surface area contributed by atoms with Crippen LogP contribution in [0.25, 0.3) is 10.9 Å². The molecule has 0 radical (unpaired) electrons. The van der Waals surface area contributed by atoms with Crippen LogP contribution in [0.5, 0.6) is 17.4 Å². The van der Waals surface area contributed by atoms with Gasteiger partial charge in [0.25, 0.3) is 5.88 Å². The normalized spacial score (nSPS) is 23.5. The molecule has 23 heavy (non-hydrogen) atoms. The number of aliphatic hydroxyl groups is 1. The van der Waals surface area contributed by atoms with Gasteiger partial charge in [0.1, 0.15) is 5.75 Å². The predicted molar refractivity (Wildman–Crippen MR) is 69.5 cm³/mol. The Morgan fingerprint density at radius 3 is 2.52 bits per heavy atom. The van der Waals surface area contributed by atoms with Crippen LogP contribution in [0.2, 0.25) is 0 Å². The van der Waals surface area contributed by atoms with Crippen molar-refractivity contribution in [2.45, 2.75) is 18.4 Å². The second-order valence-corrected chi connectivity index (χ2v) is 5.29. The van der Waals surface area contributed by atoms with E-state index in [0.717, 1.165) is 0 Å². The summed E-state index contributed by atoms with van der Waals surface area (Å²) in [6, 6.07) is 4.10. The van der Waals surface area contributed by atoms with Crippen LogP contribution < -0.4 is 14.2 Å². The van der Waals surface area contributed by atoms with Gasteiger partial charge in [0.05, 0.1) is 23.7 Å². The number of rotatable bonds is 0. The number of fused-ring (bicyclic) bond motifs is 2. The second kappa shape index (κ2) is 4.29. The van der Waals surface area contributed by atoms with Crippen LogP contribution in [0.4, 0.5) is 4.48 Å². The number of hydrogen-bond donors (Lipinski definition) is 1. The lowest BCUT2D eigenvalue weighted by atomic mass is 9.95. The topological polar surface area (TPSA) is 104 Å². The van der Waals surface area contributed by atoms with Crippen LogP contribution in [0.3, 0.4) is 0 Å². The molecular formula is C14H8FNO7. The maximum Gasteiger partial charge on any atom is 0.344 e. The van der Waals surface area contributed by atoms with E-state index in [1.807, 2.05) is 0 Å². The van der Waals surface area contributed by atoms with E-state index in [-0.39, 0.29) is 21.4 Å². The van der Waals surface area contributed by atoms with Gasteiger partial charge in [-0.15, -0.1) is 4.79 Å². The Hall–Kier alpha value is -2.94. The van der Waals surface area contributed by atoms with Gasteiger partial charge in [-0.3, -0.25) is 9.59 Å². The molecule has 118 valence electrons. The monoisotopic (exact) mass is 321 g/mol. The zero-order valence-corrected chi connectivity index (χ0v) is 11.4. The molecule has 9 heteroatoms. The summed E-state index contributed by atoms with van der Waals surface area (Å²) < 4.78 is 29.4. The number of carbonyl (C=O) groups is 3. The van der Waals surface area contributed by atoms with E-state index in [1.165, 1.54) is 18.2 Å². The number of ether oxygens (including phenoxy) is 3. The van der Waals surface area contributed by atoms with Crippen LogP contribution >= 0.6 is 0 Å². The zero-order valence-electron chi connectivity index (χ0n) is 11.4. The number of halogens is 1. The van der Waals surface area contributed by atoms with Crippen LogP contribution in [-0.4, -0.2) is 33.4 Å². The molecule has 1 aromatic heterocycles. The molecule has 2 aliphatic rings. The van der Waals surface area contributed by atoms with Crippen molar-refractivity contribution in [1.82, 2.24) is 4.79 Å². The molecule has 3 heterocycles. The van der Waals surface area contributed by atoms with Crippen molar-refractivity contribution >= 4 is 28.8 Å². The highest BCUT2D eigenvalue weighted by molar-refractivity contribution is 6.03. The molecule has 8 nitrogen and oxygen atoms in total. The Kier molecular flexibility index (Phi) is 2.56. The van der Waals surface area contributed by atoms with Gasteiger partial charge in [0, 0.05) is 0 Å². The summed E-state index contributed by atoms with van der Waals surface area (Å²) in [4.78, 5) is 36.0. The lowest BCUT2D eigenvalue weighted by molar-refractivity contribution is -0.168. The maximum absolute atomic E-state index is 14.4. The molecule has 0 fully saturated rings. The fraction of sp³-hybridized carbons (Fsp3) is 0.214. The van der Waals surface area contributed by atoms with E-state index in [0.29, 0.717) is 0 Å². The fourth-order valence-electron chi connectivity index (χ4n) is 2.66. The van der Waals surface area contributed by atoms with Crippen LogP contribution in [0.1, 0.15) is 12.8 Å². The van der Waals surface area contributed by atoms with E-state index in [2.05, 4.69) is 0 Å². The molecule has 0 saturated heterocycles. The standard InChI is InChI=1S/C14H8FNO7/c15-16-6-2-1-3-7-10(6)11-12(16)22-9(18)5-14(20,13(19)23-11)4-8(17)21-7/h1-3,20H,4-5H2. The smallest absolute Gasteiger partial charge is 0.344 e. The summed E-state index contributed by atoms with van der Waals surface area (Å²) in [5.74, 6) is -4.45. The number of carbonyl (C=O) groups excluding carboxylic acids is 3. The molecule has 0 aliphatic carbocycles. The maximum atomic E-state index is 14.4. The summed E-state index contributed by atoms with van der Waals surface area (Å²) in [6.07, 6.45) is -1.67. The van der Waals surface area contributed by atoms with Crippen molar-refractivity contribution in [3.63, 3.8) is 0 Å². The molecule has 1 atom stereocenters. The van der Waals surface area contributed by atoms with E-state index in [4.69, 9.17) is 14.2 Å². The predicted octanol–water partition coefficient (Wildman–Crippen LogP) is 0.629. The first-order valence-corrected chi connectivity index (χ1v) is 6.59. The largest absolute Gasteiger partial charge is 0.426 e. The third-order valence-corrected chi connectivity index (χ3v) is 3.70. The fourth-order valence-corrected chi connectivity index (χ4v) is 2.66. The van der Waals surface area contributed by atoms with E-state index < -0.39 is 48.0 Å². The molecule has 4 rings (SSSR count). The summed E-state index contributed by atoms with van der Waals surface area (Å²) in [5, 5.41) is 10.3. The Morgan fingerprint density at radius 2 is 1.78 bits per heavy atom. The SMILES string of the molecule is O=C1CC2(O)CC(=O)Oc3c(c4c(cccc4n3F)O1)OC2=O. The number of esters is 3. The molecule has 2 aromatic rings. The van der Waals surface area contributed by atoms with Crippen molar-refractivity contribution in [2.75, 3.05) is 0 Å². The summed E-state index contributed by atoms with van der Waals surface area (Å²) in [5.41, 5.74) is -2.56. The van der Waals surface area contributed by atoms with Gasteiger partial charge < -0.3 is 19.3 Å². The lowest BCUT2D eigenvalue weighted by Gasteiger charge is -2.24. The molecule has 2 aliphatic heterocycles. The third-order valence-electron chi connectivity index (χ3n) is 3.70. The molecule has 1 unspecified atom stereocenters. The third kappa shape index (κ3) is 1.83. The number of aromatic nitrogens is 1. The van der Waals surface area contributed by atoms with Gasteiger partial charge in [0.2, 0.25) is 5.75 Å². The first-order chi connectivity index (χ1) is 10.9. The van der Waals surface area contributed by atoms with E-state index in [9.17, 15) is 24.0 Å². The quantitative estimate of drug-likeness (QED) is 0.560. The van der Waals surface area contributed by atoms with Gasteiger partial charge in [-0.2, -0.15) is 0 Å². The van der Waals surface area contributed by atoms with Crippen molar-refractivity contribution in [3.05, 3.63) is 18.2 Å². The van der Waals surface area contributed by atoms with Crippen molar-refractivity contribution in [1.29, 1.82) is 0 Å². The minimum absolute atomic E-state index is 0.0131. The van der Waals surface area contributed by atoms with Gasteiger partial charge in [-0.25, -0.2) is 4.79 Å². The van der Waals surface area contributed by atoms with Crippen molar-refractivity contribution in [3.8, 4) is 17.4 Å². The molecular weight excluding hydrogens is 313 g/mol. The zero-order chi connectivity index (χ0) is 16.4. The van der Waals surface area contributed by atoms with Crippen molar-refractivity contribution in [2.24, 2.45) is 0 Å². The average molecular weight is 321 g/mol. The highest BCUT2D eigenvalue weighted by Crippen LogP contribution is 2.46. The van der Waals surface area contributed by atoms with Gasteiger partial charge in [-0.05, 0) is 12.1 Å². The van der Waals surface area contributed by atoms with Crippen LogP contribution in [-0.2, 0) is 14.4 Å². The minimum atomic E-state index is -2.45. The summed E-state index contributed by atoms with van der Waals surface area (Å²) in [6.45, 7) is 0. The van der Waals surface area contributed by atoms with E-state index >= 15 is 0 Å². The lowest BCUT2D eigenvalue weighted by Crippen LogP contribution is -2.47. The molecule has 1 N–H and O–H groups in total. The highest BCUT2D eigenvalue weighted by Gasteiger charge is 2.48.